The number of carbonyl (C=O) groups excluding carboxylic acids is 1. The molecule has 0 bridgehead atoms. The number of thioether (sulfide) groups is 3. The minimum atomic E-state index is -0.440. The van der Waals surface area contributed by atoms with Crippen molar-refractivity contribution in [3.8, 4) is 0 Å². The quantitative estimate of drug-likeness (QED) is 0.270. The molecule has 1 aromatic carbocycles. The van der Waals surface area contributed by atoms with Crippen LogP contribution in [-0.4, -0.2) is 22.4 Å². The zero-order valence-corrected chi connectivity index (χ0v) is 17.8. The Morgan fingerprint density at radius 2 is 1.33 bits per heavy atom. The van der Waals surface area contributed by atoms with Gasteiger partial charge in [-0.2, -0.15) is 0 Å². The summed E-state index contributed by atoms with van der Waals surface area (Å²) >= 11 is 5.25. The highest BCUT2D eigenvalue weighted by molar-refractivity contribution is 8.24. The average molecular weight is 385 g/mol. The number of rotatable bonds is 13. The van der Waals surface area contributed by atoms with E-state index in [-0.39, 0.29) is 0 Å². The second-order valence-electron chi connectivity index (χ2n) is 5.88. The van der Waals surface area contributed by atoms with Crippen LogP contribution in [0.3, 0.4) is 0 Å². The summed E-state index contributed by atoms with van der Waals surface area (Å²) in [5, 5.41) is 0.337. The summed E-state index contributed by atoms with van der Waals surface area (Å²) in [7, 11) is 0. The van der Waals surface area contributed by atoms with Gasteiger partial charge in [-0.15, -0.1) is 23.5 Å². The van der Waals surface area contributed by atoms with Crippen LogP contribution in [-0.2, 0) is 8.87 Å². The van der Waals surface area contributed by atoms with E-state index in [1.54, 1.807) is 0 Å². The molecule has 0 fully saturated rings. The summed E-state index contributed by atoms with van der Waals surface area (Å²) in [5.74, 6) is 3.03. The molecule has 0 saturated carbocycles. The Bertz CT molecular complexity index is 437. The summed E-state index contributed by atoms with van der Waals surface area (Å²) in [4.78, 5) is 13.3. The first kappa shape index (κ1) is 22.0. The molecule has 1 rings (SSSR count). The van der Waals surface area contributed by atoms with E-state index in [1.165, 1.54) is 43.0 Å². The van der Waals surface area contributed by atoms with E-state index in [2.05, 4.69) is 45.0 Å². The van der Waals surface area contributed by atoms with Gasteiger partial charge in [-0.1, -0.05) is 82.1 Å². The largest absolute Gasteiger partial charge is 0.284 e. The molecule has 136 valence electrons. The first-order valence-corrected chi connectivity index (χ1v) is 12.2. The Kier molecular flexibility index (Phi) is 12.1. The lowest BCUT2D eigenvalue weighted by Gasteiger charge is -2.31. The molecule has 0 N–H and O–H groups in total. The third-order valence-electron chi connectivity index (χ3n) is 3.76. The Labute approximate surface area is 161 Å². The van der Waals surface area contributed by atoms with Crippen molar-refractivity contribution in [2.75, 3.05) is 17.3 Å². The van der Waals surface area contributed by atoms with E-state index < -0.39 is 4.08 Å². The van der Waals surface area contributed by atoms with Crippen molar-refractivity contribution in [2.45, 2.75) is 63.4 Å². The normalized spacial score (nSPS) is 11.6. The maximum atomic E-state index is 13.3. The number of hydrogen-bond donors (Lipinski definition) is 0. The molecule has 0 saturated heterocycles. The molecule has 24 heavy (non-hydrogen) atoms. The fourth-order valence-electron chi connectivity index (χ4n) is 2.23. The van der Waals surface area contributed by atoms with Crippen LogP contribution in [0.2, 0.25) is 0 Å². The molecule has 4 heteroatoms. The summed E-state index contributed by atoms with van der Waals surface area (Å²) < 4.78 is -0.440. The fourth-order valence-corrected chi connectivity index (χ4v) is 6.98. The lowest BCUT2D eigenvalue weighted by molar-refractivity contribution is -0.111. The summed E-state index contributed by atoms with van der Waals surface area (Å²) in [6, 6.07) is 10.4. The van der Waals surface area contributed by atoms with Crippen LogP contribution >= 0.6 is 35.3 Å². The third-order valence-corrected chi connectivity index (χ3v) is 8.43. The van der Waals surface area contributed by atoms with Gasteiger partial charge in [0.05, 0.1) is 0 Å². The lowest BCUT2D eigenvalue weighted by atomic mass is 10.1. The van der Waals surface area contributed by atoms with Crippen molar-refractivity contribution in [3.05, 3.63) is 35.9 Å². The molecule has 0 atom stereocenters. The van der Waals surface area contributed by atoms with Crippen molar-refractivity contribution in [3.63, 3.8) is 0 Å². The van der Waals surface area contributed by atoms with E-state index >= 15 is 0 Å². The molecule has 0 aliphatic heterocycles. The van der Waals surface area contributed by atoms with Gasteiger partial charge in [0, 0.05) is 5.75 Å². The molecule has 0 heterocycles. The molecular formula is C20H32OS3. The van der Waals surface area contributed by atoms with Gasteiger partial charge >= 0.3 is 0 Å². The van der Waals surface area contributed by atoms with Gasteiger partial charge in [0.2, 0.25) is 5.12 Å². The Morgan fingerprint density at radius 1 is 0.833 bits per heavy atom. The Hall–Kier alpha value is -0.0600. The Morgan fingerprint density at radius 3 is 1.83 bits per heavy atom. The van der Waals surface area contributed by atoms with Crippen molar-refractivity contribution >= 4 is 40.4 Å². The monoisotopic (exact) mass is 384 g/mol. The van der Waals surface area contributed by atoms with Gasteiger partial charge in [0.1, 0.15) is 0 Å². The van der Waals surface area contributed by atoms with Gasteiger partial charge in [0.25, 0.3) is 0 Å². The summed E-state index contributed by atoms with van der Waals surface area (Å²) in [6.45, 7) is 6.61. The van der Waals surface area contributed by atoms with E-state index in [1.807, 2.05) is 29.6 Å². The average Bonchev–Trinajstić information content (AvgIpc) is 2.61. The second-order valence-corrected chi connectivity index (χ2v) is 9.82. The highest BCUT2D eigenvalue weighted by Gasteiger charge is 2.40. The van der Waals surface area contributed by atoms with E-state index in [0.717, 1.165) is 30.1 Å². The maximum Gasteiger partial charge on any atom is 0.219 e. The number of unbranched alkanes of at least 4 members (excludes halogenated alkanes) is 3. The van der Waals surface area contributed by atoms with Crippen LogP contribution in [0.4, 0.5) is 0 Å². The topological polar surface area (TPSA) is 17.1 Å². The van der Waals surface area contributed by atoms with Crippen LogP contribution < -0.4 is 0 Å². The molecule has 1 nitrogen and oxygen atoms in total. The Balaban J connectivity index is 3.03. The summed E-state index contributed by atoms with van der Waals surface area (Å²) in [5.41, 5.74) is 1.17. The molecule has 0 radical (unpaired) electrons. The van der Waals surface area contributed by atoms with E-state index in [4.69, 9.17) is 0 Å². The smallest absolute Gasteiger partial charge is 0.219 e. The van der Waals surface area contributed by atoms with Crippen LogP contribution in [0.1, 0.15) is 64.9 Å². The highest BCUT2D eigenvalue weighted by Crippen LogP contribution is 2.50. The minimum absolute atomic E-state index is 0.337. The number of benzene rings is 1. The lowest BCUT2D eigenvalue weighted by Crippen LogP contribution is -2.28. The van der Waals surface area contributed by atoms with Crippen molar-refractivity contribution < 1.29 is 4.79 Å². The van der Waals surface area contributed by atoms with E-state index in [0.29, 0.717) is 5.12 Å². The molecule has 0 aromatic heterocycles. The van der Waals surface area contributed by atoms with Gasteiger partial charge in [-0.25, -0.2) is 0 Å². The van der Waals surface area contributed by atoms with Crippen LogP contribution in [0.5, 0.6) is 0 Å². The van der Waals surface area contributed by atoms with Crippen LogP contribution in [0.15, 0.2) is 30.3 Å². The van der Waals surface area contributed by atoms with Gasteiger partial charge in [-0.3, -0.25) is 4.79 Å². The molecule has 0 aliphatic carbocycles. The number of hydrogen-bond acceptors (Lipinski definition) is 4. The summed E-state index contributed by atoms with van der Waals surface area (Å²) in [6.07, 6.45) is 6.94. The SMILES string of the molecule is CCCCSC(=O)C(SCCCC)(SCCCC)c1ccccc1. The number of carbonyl (C=O) groups is 1. The van der Waals surface area contributed by atoms with Gasteiger partial charge in [0.15, 0.2) is 4.08 Å². The fraction of sp³-hybridized carbons (Fsp3) is 0.650. The first-order chi connectivity index (χ1) is 11.7. The zero-order valence-electron chi connectivity index (χ0n) is 15.4. The molecule has 0 amide bonds. The third kappa shape index (κ3) is 7.05. The second kappa shape index (κ2) is 13.2. The van der Waals surface area contributed by atoms with Gasteiger partial charge in [-0.05, 0) is 36.3 Å². The predicted octanol–water partition coefficient (Wildman–Crippen LogP) is 6.97. The van der Waals surface area contributed by atoms with Crippen molar-refractivity contribution in [1.29, 1.82) is 0 Å². The van der Waals surface area contributed by atoms with Gasteiger partial charge < -0.3 is 0 Å². The standard InChI is InChI=1S/C20H32OS3/c1-4-7-15-22-19(21)20(23-16-8-5-2,24-17-9-6-3)18-13-11-10-12-14-18/h10-14H,4-9,15-17H2,1-3H3. The first-order valence-electron chi connectivity index (χ1n) is 9.21. The minimum Gasteiger partial charge on any atom is -0.284 e. The highest BCUT2D eigenvalue weighted by atomic mass is 32.2. The predicted molar refractivity (Wildman–Crippen MR) is 115 cm³/mol. The van der Waals surface area contributed by atoms with Crippen LogP contribution in [0, 0.1) is 0 Å². The molecule has 0 aliphatic rings. The van der Waals surface area contributed by atoms with Crippen LogP contribution in [0.25, 0.3) is 0 Å². The maximum absolute atomic E-state index is 13.3. The molecule has 0 spiro atoms. The molecule has 1 aromatic rings. The molecular weight excluding hydrogens is 352 g/mol. The molecule has 0 unspecified atom stereocenters. The zero-order chi connectivity index (χ0) is 17.7. The van der Waals surface area contributed by atoms with E-state index in [9.17, 15) is 4.79 Å². The van der Waals surface area contributed by atoms with Crippen molar-refractivity contribution in [2.24, 2.45) is 0 Å². The van der Waals surface area contributed by atoms with Crippen molar-refractivity contribution in [1.82, 2.24) is 0 Å².